The molecule has 37 heavy (non-hydrogen) atoms. The van der Waals surface area contributed by atoms with Gasteiger partial charge in [-0.2, -0.15) is 15.8 Å². The van der Waals surface area contributed by atoms with Gasteiger partial charge in [0.2, 0.25) is 0 Å². The quantitative estimate of drug-likeness (QED) is 0.184. The molecule has 0 saturated heterocycles. The second-order valence-electron chi connectivity index (χ2n) is 8.42. The molecular formula is C31H23N5S. The Hall–Kier alpha value is -4.83. The predicted octanol–water partition coefficient (Wildman–Crippen LogP) is 6.99. The van der Waals surface area contributed by atoms with Crippen LogP contribution in [0.1, 0.15) is 45.6 Å². The zero-order valence-corrected chi connectivity index (χ0v) is 20.8. The lowest BCUT2D eigenvalue weighted by Crippen LogP contribution is -2.30. The fraction of sp³-hybridized carbons (Fsp3) is 0.129. The molecule has 0 radical (unpaired) electrons. The third kappa shape index (κ3) is 5.39. The molecule has 0 aliphatic heterocycles. The van der Waals surface area contributed by atoms with Crippen LogP contribution in [0.4, 0.5) is 0 Å². The summed E-state index contributed by atoms with van der Waals surface area (Å²) >= 11 is 1.39. The Bertz CT molecular complexity index is 1430. The number of thiazole rings is 1. The number of benzene rings is 3. The molecule has 2 atom stereocenters. The monoisotopic (exact) mass is 497 g/mol. The van der Waals surface area contributed by atoms with Gasteiger partial charge in [-0.25, -0.2) is 4.98 Å². The first-order chi connectivity index (χ1) is 18.2. The van der Waals surface area contributed by atoms with E-state index in [9.17, 15) is 15.8 Å². The summed E-state index contributed by atoms with van der Waals surface area (Å²) in [4.78, 5) is 9.86. The minimum Gasteiger partial charge on any atom is -0.275 e. The Morgan fingerprint density at radius 3 is 1.97 bits per heavy atom. The van der Waals surface area contributed by atoms with Gasteiger partial charge >= 0.3 is 0 Å². The SMILES string of the molecule is C=CCC(C#N)(C#N)C(c1nccs1)C(N=C(c1ccccc1)c1ccccc1)c1ccc(C#N)cc1. The van der Waals surface area contributed by atoms with E-state index in [4.69, 9.17) is 4.99 Å². The van der Waals surface area contributed by atoms with E-state index in [1.807, 2.05) is 78.2 Å². The van der Waals surface area contributed by atoms with E-state index in [-0.39, 0.29) is 6.42 Å². The predicted molar refractivity (Wildman–Crippen MR) is 146 cm³/mol. The van der Waals surface area contributed by atoms with E-state index in [1.165, 1.54) is 11.3 Å². The second kappa shape index (κ2) is 11.7. The molecule has 5 nitrogen and oxygen atoms in total. The largest absolute Gasteiger partial charge is 0.275 e. The van der Waals surface area contributed by atoms with Crippen LogP contribution in [0.15, 0.2) is 114 Å². The maximum atomic E-state index is 10.4. The first kappa shape index (κ1) is 25.3. The molecule has 3 aromatic carbocycles. The minimum atomic E-state index is -1.46. The lowest BCUT2D eigenvalue weighted by molar-refractivity contribution is 0.360. The van der Waals surface area contributed by atoms with Crippen LogP contribution in [0.3, 0.4) is 0 Å². The highest BCUT2D eigenvalue weighted by atomic mass is 32.1. The Labute approximate surface area is 220 Å². The molecule has 0 aliphatic carbocycles. The number of aliphatic imine (C=N–C) groups is 1. The van der Waals surface area contributed by atoms with Crippen molar-refractivity contribution >= 4 is 17.0 Å². The fourth-order valence-corrected chi connectivity index (χ4v) is 5.22. The van der Waals surface area contributed by atoms with Crippen molar-refractivity contribution in [3.05, 3.63) is 136 Å². The summed E-state index contributed by atoms with van der Waals surface area (Å²) in [5, 5.41) is 32.6. The summed E-state index contributed by atoms with van der Waals surface area (Å²) < 4.78 is 0. The van der Waals surface area contributed by atoms with Gasteiger partial charge in [0.05, 0.1) is 41.4 Å². The Kier molecular flexibility index (Phi) is 8.01. The van der Waals surface area contributed by atoms with Gasteiger partial charge in [0.25, 0.3) is 0 Å². The van der Waals surface area contributed by atoms with Gasteiger partial charge in [0.15, 0.2) is 5.41 Å². The van der Waals surface area contributed by atoms with Gasteiger partial charge in [-0.15, -0.1) is 17.9 Å². The van der Waals surface area contributed by atoms with E-state index < -0.39 is 17.4 Å². The van der Waals surface area contributed by atoms with Gasteiger partial charge in [-0.3, -0.25) is 4.99 Å². The highest BCUT2D eigenvalue weighted by Gasteiger charge is 2.46. The van der Waals surface area contributed by atoms with Crippen LogP contribution >= 0.6 is 11.3 Å². The molecule has 178 valence electrons. The van der Waals surface area contributed by atoms with Crippen molar-refractivity contribution in [2.45, 2.75) is 18.4 Å². The van der Waals surface area contributed by atoms with Crippen LogP contribution in [0.5, 0.6) is 0 Å². The van der Waals surface area contributed by atoms with Gasteiger partial charge < -0.3 is 0 Å². The highest BCUT2D eigenvalue weighted by Crippen LogP contribution is 2.49. The molecule has 1 heterocycles. The summed E-state index contributed by atoms with van der Waals surface area (Å²) in [6.45, 7) is 3.82. The van der Waals surface area contributed by atoms with Crippen molar-refractivity contribution in [3.63, 3.8) is 0 Å². The lowest BCUT2D eigenvalue weighted by atomic mass is 9.70. The van der Waals surface area contributed by atoms with Gasteiger partial charge in [-0.1, -0.05) is 78.9 Å². The molecule has 0 saturated carbocycles. The number of hydrogen-bond donors (Lipinski definition) is 0. The first-order valence-corrected chi connectivity index (χ1v) is 12.5. The molecule has 0 aliphatic rings. The third-order valence-electron chi connectivity index (χ3n) is 6.17. The van der Waals surface area contributed by atoms with Crippen LogP contribution in [0, 0.1) is 39.4 Å². The summed E-state index contributed by atoms with van der Waals surface area (Å²) in [7, 11) is 0. The standard InChI is InChI=1S/C31H23N5S/c1-2-17-31(21-33,22-34)27(30-35-18-19-37-30)29(26-15-13-23(20-32)14-16-26)36-28(24-9-5-3-6-10-24)25-11-7-4-8-12-25/h2-16,18-19,27,29H,1,17H2. The number of hydrogen-bond acceptors (Lipinski definition) is 6. The average Bonchev–Trinajstić information content (AvgIpc) is 3.50. The van der Waals surface area contributed by atoms with Crippen molar-refractivity contribution < 1.29 is 0 Å². The van der Waals surface area contributed by atoms with Crippen molar-refractivity contribution in [2.75, 3.05) is 0 Å². The maximum absolute atomic E-state index is 10.4. The normalized spacial score (nSPS) is 12.2. The van der Waals surface area contributed by atoms with Crippen molar-refractivity contribution in [1.29, 1.82) is 15.8 Å². The maximum Gasteiger partial charge on any atom is 0.158 e. The van der Waals surface area contributed by atoms with Crippen LogP contribution in [-0.4, -0.2) is 10.7 Å². The Morgan fingerprint density at radius 1 is 0.919 bits per heavy atom. The third-order valence-corrected chi connectivity index (χ3v) is 7.03. The minimum absolute atomic E-state index is 0.151. The van der Waals surface area contributed by atoms with Crippen molar-refractivity contribution in [1.82, 2.24) is 4.98 Å². The van der Waals surface area contributed by atoms with E-state index in [0.717, 1.165) is 22.4 Å². The van der Waals surface area contributed by atoms with Crippen LogP contribution in [0.25, 0.3) is 0 Å². The molecule has 4 rings (SSSR count). The van der Waals surface area contributed by atoms with Gasteiger partial charge in [-0.05, 0) is 24.1 Å². The number of nitrogens with zero attached hydrogens (tertiary/aromatic N) is 5. The van der Waals surface area contributed by atoms with Crippen LogP contribution < -0.4 is 0 Å². The molecule has 4 aromatic rings. The van der Waals surface area contributed by atoms with Crippen molar-refractivity contribution in [2.24, 2.45) is 10.4 Å². The van der Waals surface area contributed by atoms with Crippen molar-refractivity contribution in [3.8, 4) is 18.2 Å². The highest BCUT2D eigenvalue weighted by molar-refractivity contribution is 7.09. The Balaban J connectivity index is 2.04. The zero-order valence-electron chi connectivity index (χ0n) is 20.0. The molecule has 0 N–H and O–H groups in total. The topological polar surface area (TPSA) is 96.6 Å². The number of nitriles is 3. The summed E-state index contributed by atoms with van der Waals surface area (Å²) in [6, 6.07) is 32.9. The number of allylic oxidation sites excluding steroid dienone is 1. The van der Waals surface area contributed by atoms with Gasteiger partial charge in [0.1, 0.15) is 5.01 Å². The van der Waals surface area contributed by atoms with E-state index in [0.29, 0.717) is 10.6 Å². The molecule has 0 amide bonds. The van der Waals surface area contributed by atoms with E-state index in [1.54, 1.807) is 24.4 Å². The van der Waals surface area contributed by atoms with Gasteiger partial charge in [0, 0.05) is 22.7 Å². The number of rotatable bonds is 9. The lowest BCUT2D eigenvalue weighted by Gasteiger charge is -2.32. The average molecular weight is 498 g/mol. The molecule has 0 spiro atoms. The molecule has 6 heteroatoms. The molecule has 1 aromatic heterocycles. The Morgan fingerprint density at radius 2 is 1.51 bits per heavy atom. The fourth-order valence-electron chi connectivity index (χ4n) is 4.36. The second-order valence-corrected chi connectivity index (χ2v) is 9.35. The van der Waals surface area contributed by atoms with Crippen LogP contribution in [-0.2, 0) is 0 Å². The smallest absolute Gasteiger partial charge is 0.158 e. The van der Waals surface area contributed by atoms with Crippen LogP contribution in [0.2, 0.25) is 0 Å². The number of aromatic nitrogens is 1. The van der Waals surface area contributed by atoms with E-state index >= 15 is 0 Å². The summed E-state index contributed by atoms with van der Waals surface area (Å²) in [5.74, 6) is -0.684. The molecule has 2 unspecified atom stereocenters. The first-order valence-electron chi connectivity index (χ1n) is 11.7. The molecular weight excluding hydrogens is 474 g/mol. The molecule has 0 bridgehead atoms. The zero-order chi connectivity index (χ0) is 26.1. The summed E-state index contributed by atoms with van der Waals surface area (Å²) in [5.41, 5.74) is 2.40. The van der Waals surface area contributed by atoms with E-state index in [2.05, 4.69) is 29.8 Å². The summed E-state index contributed by atoms with van der Waals surface area (Å²) in [6.07, 6.45) is 3.43. The molecule has 0 fully saturated rings.